The van der Waals surface area contributed by atoms with Crippen LogP contribution in [-0.2, 0) is 33.3 Å². The highest BCUT2D eigenvalue weighted by molar-refractivity contribution is 5.91. The lowest BCUT2D eigenvalue weighted by Gasteiger charge is -2.32. The number of rotatable bonds is 3. The molecule has 0 aromatic carbocycles. The Bertz CT molecular complexity index is 882. The van der Waals surface area contributed by atoms with Crippen LogP contribution in [-0.4, -0.2) is 47.9 Å². The lowest BCUT2D eigenvalue weighted by atomic mass is 9.82. The first-order chi connectivity index (χ1) is 13.6. The van der Waals surface area contributed by atoms with E-state index < -0.39 is 47.7 Å². The number of esters is 3. The maximum atomic E-state index is 12.9. The summed E-state index contributed by atoms with van der Waals surface area (Å²) in [6.45, 7) is 12.5. The van der Waals surface area contributed by atoms with Crippen LogP contribution in [0.5, 0.6) is 0 Å². The van der Waals surface area contributed by atoms with Crippen LogP contribution in [0.15, 0.2) is 34.9 Å². The largest absolute Gasteiger partial charge is 0.457 e. The summed E-state index contributed by atoms with van der Waals surface area (Å²) in [7, 11) is 0. The van der Waals surface area contributed by atoms with Crippen LogP contribution in [0.1, 0.15) is 41.0 Å². The molecular formula is C22H26O7. The first kappa shape index (κ1) is 19.9. The van der Waals surface area contributed by atoms with Crippen molar-refractivity contribution in [1.82, 2.24) is 0 Å². The second kappa shape index (κ2) is 6.55. The van der Waals surface area contributed by atoms with Gasteiger partial charge in [0.15, 0.2) is 17.8 Å². The van der Waals surface area contributed by atoms with Crippen molar-refractivity contribution in [3.05, 3.63) is 34.9 Å². The smallest absolute Gasteiger partial charge is 0.341 e. The Morgan fingerprint density at radius 2 is 1.93 bits per heavy atom. The molecule has 0 bridgehead atoms. The average molecular weight is 402 g/mol. The fraction of sp³-hybridized carbons (Fsp3) is 0.591. The topological polar surface area (TPSA) is 91.4 Å². The van der Waals surface area contributed by atoms with E-state index in [1.165, 1.54) is 6.92 Å². The van der Waals surface area contributed by atoms with E-state index >= 15 is 0 Å². The summed E-state index contributed by atoms with van der Waals surface area (Å²) < 4.78 is 22.7. The fourth-order valence-corrected chi connectivity index (χ4v) is 4.81. The molecule has 7 atom stereocenters. The second-order valence-electron chi connectivity index (χ2n) is 8.53. The van der Waals surface area contributed by atoms with Crippen molar-refractivity contribution in [2.75, 3.05) is 0 Å². The van der Waals surface area contributed by atoms with E-state index in [-0.39, 0.29) is 17.6 Å². The molecule has 156 valence electrons. The Balaban J connectivity index is 1.80. The molecule has 0 aromatic rings. The van der Waals surface area contributed by atoms with Crippen LogP contribution < -0.4 is 0 Å². The molecule has 0 amide bonds. The summed E-state index contributed by atoms with van der Waals surface area (Å²) >= 11 is 0. The van der Waals surface area contributed by atoms with E-state index in [1.807, 2.05) is 13.8 Å². The van der Waals surface area contributed by atoms with Gasteiger partial charge in [0.1, 0.15) is 6.10 Å². The van der Waals surface area contributed by atoms with Crippen LogP contribution >= 0.6 is 0 Å². The maximum Gasteiger partial charge on any atom is 0.341 e. The number of hydrogen-bond acceptors (Lipinski definition) is 7. The molecule has 0 spiro atoms. The second-order valence-corrected chi connectivity index (χ2v) is 8.53. The Morgan fingerprint density at radius 3 is 2.52 bits per heavy atom. The quantitative estimate of drug-likeness (QED) is 0.235. The lowest BCUT2D eigenvalue weighted by molar-refractivity contribution is -0.172. The van der Waals surface area contributed by atoms with E-state index in [4.69, 9.17) is 18.9 Å². The van der Waals surface area contributed by atoms with Crippen molar-refractivity contribution in [2.24, 2.45) is 11.8 Å². The maximum absolute atomic E-state index is 12.9. The van der Waals surface area contributed by atoms with Crippen LogP contribution in [0, 0.1) is 11.8 Å². The van der Waals surface area contributed by atoms with Gasteiger partial charge >= 0.3 is 17.9 Å². The summed E-state index contributed by atoms with van der Waals surface area (Å²) in [5.74, 6) is -2.31. The number of ether oxygens (including phenoxy) is 4. The van der Waals surface area contributed by atoms with Crippen molar-refractivity contribution in [3.8, 4) is 0 Å². The molecule has 2 fully saturated rings. The zero-order chi connectivity index (χ0) is 21.2. The van der Waals surface area contributed by atoms with Gasteiger partial charge in [-0.05, 0) is 39.7 Å². The molecule has 7 heteroatoms. The molecule has 0 aromatic heterocycles. The molecule has 29 heavy (non-hydrogen) atoms. The Labute approximate surface area is 169 Å². The Morgan fingerprint density at radius 1 is 1.28 bits per heavy atom. The van der Waals surface area contributed by atoms with E-state index in [0.717, 1.165) is 16.7 Å². The summed E-state index contributed by atoms with van der Waals surface area (Å²) in [5.41, 5.74) is 2.13. The normalized spacial score (nSPS) is 40.5. The molecule has 0 unspecified atom stereocenters. The SMILES string of the molecule is C=C1C(=O)O[C@@H]2[C@H]3C(C)=CCC3=C(C)[C@@H](OC(C)=O)[C@H](OC(=O)[C@@]3(C)O[C@@H]3C)[C@@H]12. The first-order valence-corrected chi connectivity index (χ1v) is 9.88. The third-order valence-corrected chi connectivity index (χ3v) is 6.77. The highest BCUT2D eigenvalue weighted by Crippen LogP contribution is 2.50. The standard InChI is InChI=1S/C22H26O7/c1-9-7-8-14-10(2)17(26-13(5)23)19(28-21(25)22(6)12(4)29-22)16-11(3)20(24)27-18(16)15(9)14/h7,12,15-19H,3,8H2,1-2,4-6H3/t12-,15+,16+,17-,18-,19-,22+/m1/s1. The van der Waals surface area contributed by atoms with Crippen molar-refractivity contribution in [2.45, 2.75) is 71.1 Å². The molecule has 7 nitrogen and oxygen atoms in total. The van der Waals surface area contributed by atoms with Gasteiger partial charge in [-0.15, -0.1) is 0 Å². The number of allylic oxidation sites excluding steroid dienone is 1. The first-order valence-electron chi connectivity index (χ1n) is 9.88. The summed E-state index contributed by atoms with van der Waals surface area (Å²) in [5, 5.41) is 0. The zero-order valence-electron chi connectivity index (χ0n) is 17.3. The summed E-state index contributed by atoms with van der Waals surface area (Å²) in [4.78, 5) is 37.2. The molecule has 2 aliphatic heterocycles. The minimum Gasteiger partial charge on any atom is -0.457 e. The van der Waals surface area contributed by atoms with Gasteiger partial charge < -0.3 is 18.9 Å². The number of carbonyl (C=O) groups excluding carboxylic acids is 3. The van der Waals surface area contributed by atoms with Gasteiger partial charge in [-0.2, -0.15) is 0 Å². The molecular weight excluding hydrogens is 376 g/mol. The highest BCUT2D eigenvalue weighted by atomic mass is 16.7. The summed E-state index contributed by atoms with van der Waals surface area (Å²) in [6, 6.07) is 0. The molecule has 2 saturated heterocycles. The molecule has 0 saturated carbocycles. The van der Waals surface area contributed by atoms with Gasteiger partial charge in [0.05, 0.1) is 12.0 Å². The predicted octanol–water partition coefficient (Wildman–Crippen LogP) is 2.40. The van der Waals surface area contributed by atoms with Crippen LogP contribution in [0.25, 0.3) is 0 Å². The number of fused-ring (bicyclic) bond motifs is 3. The Hall–Kier alpha value is -2.41. The third kappa shape index (κ3) is 2.94. The molecule has 0 radical (unpaired) electrons. The van der Waals surface area contributed by atoms with Gasteiger partial charge in [-0.1, -0.05) is 23.8 Å². The average Bonchev–Trinajstić information content (AvgIpc) is 2.97. The number of epoxide rings is 1. The van der Waals surface area contributed by atoms with Crippen molar-refractivity contribution < 1.29 is 33.3 Å². The van der Waals surface area contributed by atoms with E-state index in [2.05, 4.69) is 12.7 Å². The third-order valence-electron chi connectivity index (χ3n) is 6.77. The minimum atomic E-state index is -1.04. The fourth-order valence-electron chi connectivity index (χ4n) is 4.81. The molecule has 4 aliphatic rings. The summed E-state index contributed by atoms with van der Waals surface area (Å²) in [6.07, 6.45) is 0.195. The van der Waals surface area contributed by atoms with Crippen LogP contribution in [0.4, 0.5) is 0 Å². The lowest BCUT2D eigenvalue weighted by Crippen LogP contribution is -2.46. The number of hydrogen-bond donors (Lipinski definition) is 0. The highest BCUT2D eigenvalue weighted by Gasteiger charge is 2.61. The predicted molar refractivity (Wildman–Crippen MR) is 101 cm³/mol. The van der Waals surface area contributed by atoms with Crippen LogP contribution in [0.2, 0.25) is 0 Å². The van der Waals surface area contributed by atoms with Gasteiger partial charge in [-0.25, -0.2) is 9.59 Å². The van der Waals surface area contributed by atoms with Gasteiger partial charge in [-0.3, -0.25) is 4.79 Å². The van der Waals surface area contributed by atoms with Crippen molar-refractivity contribution >= 4 is 17.9 Å². The number of carbonyl (C=O) groups is 3. The van der Waals surface area contributed by atoms with Crippen molar-refractivity contribution in [1.29, 1.82) is 0 Å². The minimum absolute atomic E-state index is 0.142. The van der Waals surface area contributed by atoms with E-state index in [1.54, 1.807) is 13.8 Å². The molecule has 2 heterocycles. The molecule has 4 rings (SSSR count). The van der Waals surface area contributed by atoms with E-state index in [9.17, 15) is 14.4 Å². The van der Waals surface area contributed by atoms with Gasteiger partial charge in [0, 0.05) is 18.4 Å². The van der Waals surface area contributed by atoms with E-state index in [0.29, 0.717) is 6.42 Å². The molecule has 2 aliphatic carbocycles. The van der Waals surface area contributed by atoms with Crippen molar-refractivity contribution in [3.63, 3.8) is 0 Å². The molecule has 0 N–H and O–H groups in total. The monoisotopic (exact) mass is 402 g/mol. The van der Waals surface area contributed by atoms with Gasteiger partial charge in [0.2, 0.25) is 0 Å². The Kier molecular flexibility index (Phi) is 4.49. The van der Waals surface area contributed by atoms with Crippen LogP contribution in [0.3, 0.4) is 0 Å². The van der Waals surface area contributed by atoms with Gasteiger partial charge in [0.25, 0.3) is 0 Å². The zero-order valence-corrected chi connectivity index (χ0v) is 17.3.